The van der Waals surface area contributed by atoms with Gasteiger partial charge in [-0.2, -0.15) is 0 Å². The minimum Gasteiger partial charge on any atom is -0.464 e. The summed E-state index contributed by atoms with van der Waals surface area (Å²) in [6.45, 7) is 4.09. The van der Waals surface area contributed by atoms with Crippen molar-refractivity contribution in [3.05, 3.63) is 40.1 Å². The van der Waals surface area contributed by atoms with Gasteiger partial charge in [-0.25, -0.2) is 0 Å². The number of fused-ring (bicyclic) bond motifs is 4. The summed E-state index contributed by atoms with van der Waals surface area (Å²) in [5, 5.41) is 6.17. The van der Waals surface area contributed by atoms with Crippen LogP contribution in [0.1, 0.15) is 28.7 Å². The number of nitrogens with zero attached hydrogens (tertiary/aromatic N) is 1. The number of benzene rings is 1. The Bertz CT molecular complexity index is 916. The molecular formula is C16H16N2O2. The van der Waals surface area contributed by atoms with Crippen molar-refractivity contribution >= 4 is 21.9 Å². The van der Waals surface area contributed by atoms with Gasteiger partial charge in [0.1, 0.15) is 11.2 Å². The van der Waals surface area contributed by atoms with Crippen molar-refractivity contribution in [2.75, 3.05) is 0 Å². The molecule has 0 fully saturated rings. The molecule has 1 aliphatic carbocycles. The Balaban J connectivity index is 2.28. The molecule has 0 bridgehead atoms. The first-order valence-corrected chi connectivity index (χ1v) is 6.90. The van der Waals surface area contributed by atoms with E-state index in [-0.39, 0.29) is 0 Å². The lowest BCUT2D eigenvalue weighted by Gasteiger charge is -2.08. The standard InChI is InChI=1S/C16H16N2O2/c1-8-7-19-14-9(2)15-13(6-12(8)14)10-4-3-5-11(10)16(18-17)20-15/h6-7H,3-5,17H2,1-2H3/b18-16-. The van der Waals surface area contributed by atoms with Crippen LogP contribution < -0.4 is 11.4 Å². The lowest BCUT2D eigenvalue weighted by molar-refractivity contribution is 0.524. The fourth-order valence-electron chi connectivity index (χ4n) is 3.33. The van der Waals surface area contributed by atoms with Crippen LogP contribution in [-0.2, 0) is 12.8 Å². The molecule has 0 saturated heterocycles. The van der Waals surface area contributed by atoms with E-state index in [1.807, 2.05) is 6.92 Å². The molecule has 2 heterocycles. The molecule has 4 nitrogen and oxygen atoms in total. The molecule has 4 rings (SSSR count). The summed E-state index contributed by atoms with van der Waals surface area (Å²) >= 11 is 0. The van der Waals surface area contributed by atoms with E-state index in [2.05, 4.69) is 18.1 Å². The molecule has 3 aromatic rings. The SMILES string of the molecule is Cc1coc2c(C)c3o/c(=N\N)c4c(c3cc12)CCC4. The van der Waals surface area contributed by atoms with Gasteiger partial charge >= 0.3 is 0 Å². The molecule has 1 aliphatic rings. The molecule has 0 spiro atoms. The second-order valence-corrected chi connectivity index (χ2v) is 5.52. The largest absolute Gasteiger partial charge is 0.464 e. The Morgan fingerprint density at radius 3 is 2.70 bits per heavy atom. The first-order valence-electron chi connectivity index (χ1n) is 6.90. The van der Waals surface area contributed by atoms with Gasteiger partial charge in [-0.15, -0.1) is 5.10 Å². The Hall–Kier alpha value is -2.23. The van der Waals surface area contributed by atoms with E-state index in [1.54, 1.807) is 6.26 Å². The van der Waals surface area contributed by atoms with E-state index in [0.29, 0.717) is 5.55 Å². The summed E-state index contributed by atoms with van der Waals surface area (Å²) in [6.07, 6.45) is 4.98. The number of rotatable bonds is 0. The highest BCUT2D eigenvalue weighted by molar-refractivity contribution is 5.99. The van der Waals surface area contributed by atoms with Crippen LogP contribution in [-0.4, -0.2) is 0 Å². The van der Waals surface area contributed by atoms with Crippen molar-refractivity contribution in [2.45, 2.75) is 33.1 Å². The van der Waals surface area contributed by atoms with Crippen LogP contribution in [0.4, 0.5) is 0 Å². The molecule has 0 amide bonds. The fourth-order valence-corrected chi connectivity index (χ4v) is 3.33. The molecule has 0 aliphatic heterocycles. The third-order valence-corrected chi connectivity index (χ3v) is 4.35. The van der Waals surface area contributed by atoms with Crippen LogP contribution in [0.3, 0.4) is 0 Å². The topological polar surface area (TPSA) is 64.7 Å². The van der Waals surface area contributed by atoms with Crippen molar-refractivity contribution in [2.24, 2.45) is 10.9 Å². The lowest BCUT2D eigenvalue weighted by atomic mass is 10.0. The predicted molar refractivity (Wildman–Crippen MR) is 77.2 cm³/mol. The van der Waals surface area contributed by atoms with Gasteiger partial charge in [-0.1, -0.05) is 0 Å². The molecule has 0 radical (unpaired) electrons. The van der Waals surface area contributed by atoms with Gasteiger partial charge in [-0.05, 0) is 50.3 Å². The zero-order valence-electron chi connectivity index (χ0n) is 11.6. The monoisotopic (exact) mass is 268 g/mol. The lowest BCUT2D eigenvalue weighted by Crippen LogP contribution is -2.12. The number of nitrogens with two attached hydrogens (primary N) is 1. The fraction of sp³-hybridized carbons (Fsp3) is 0.312. The van der Waals surface area contributed by atoms with Crippen LogP contribution in [0.5, 0.6) is 0 Å². The van der Waals surface area contributed by atoms with E-state index in [1.165, 1.54) is 16.5 Å². The van der Waals surface area contributed by atoms with Crippen LogP contribution >= 0.6 is 0 Å². The first kappa shape index (κ1) is 11.6. The van der Waals surface area contributed by atoms with Gasteiger partial charge in [0.05, 0.1) is 6.26 Å². The summed E-state index contributed by atoms with van der Waals surface area (Å²) in [5.41, 5.74) is 6.97. The van der Waals surface area contributed by atoms with E-state index in [4.69, 9.17) is 14.7 Å². The Morgan fingerprint density at radius 1 is 1.10 bits per heavy atom. The van der Waals surface area contributed by atoms with Crippen molar-refractivity contribution < 1.29 is 8.83 Å². The highest BCUT2D eigenvalue weighted by atomic mass is 16.3. The molecule has 0 unspecified atom stereocenters. The molecule has 0 saturated carbocycles. The van der Waals surface area contributed by atoms with Crippen LogP contribution in [0, 0.1) is 13.8 Å². The minimum atomic E-state index is 0.565. The van der Waals surface area contributed by atoms with Gasteiger partial charge in [-0.3, -0.25) is 0 Å². The molecular weight excluding hydrogens is 252 g/mol. The Kier molecular flexibility index (Phi) is 2.25. The summed E-state index contributed by atoms with van der Waals surface area (Å²) in [5.74, 6) is 5.49. The van der Waals surface area contributed by atoms with Crippen LogP contribution in [0.2, 0.25) is 0 Å². The maximum Gasteiger partial charge on any atom is 0.239 e. The van der Waals surface area contributed by atoms with Crippen molar-refractivity contribution in [3.63, 3.8) is 0 Å². The first-order chi connectivity index (χ1) is 9.70. The van der Waals surface area contributed by atoms with Gasteiger partial charge < -0.3 is 14.7 Å². The van der Waals surface area contributed by atoms with E-state index >= 15 is 0 Å². The zero-order chi connectivity index (χ0) is 13.9. The molecule has 20 heavy (non-hydrogen) atoms. The van der Waals surface area contributed by atoms with Crippen molar-refractivity contribution in [3.8, 4) is 0 Å². The average Bonchev–Trinajstić information content (AvgIpc) is 3.06. The summed E-state index contributed by atoms with van der Waals surface area (Å²) in [6, 6.07) is 2.18. The van der Waals surface area contributed by atoms with Gasteiger partial charge in [0, 0.05) is 21.9 Å². The van der Waals surface area contributed by atoms with Crippen LogP contribution in [0.15, 0.2) is 26.3 Å². The minimum absolute atomic E-state index is 0.565. The second kappa shape index (κ2) is 3.88. The number of hydrogen-bond acceptors (Lipinski definition) is 4. The predicted octanol–water partition coefficient (Wildman–Crippen LogP) is 3.06. The highest BCUT2D eigenvalue weighted by Crippen LogP contribution is 2.35. The van der Waals surface area contributed by atoms with E-state index in [0.717, 1.165) is 46.9 Å². The third kappa shape index (κ3) is 1.33. The molecule has 2 N–H and O–H groups in total. The maximum absolute atomic E-state index is 5.95. The molecule has 0 atom stereocenters. The normalized spacial score (nSPS) is 15.4. The van der Waals surface area contributed by atoms with Gasteiger partial charge in [0.2, 0.25) is 5.55 Å². The second-order valence-electron chi connectivity index (χ2n) is 5.52. The quantitative estimate of drug-likeness (QED) is 0.503. The summed E-state index contributed by atoms with van der Waals surface area (Å²) in [4.78, 5) is 0. The molecule has 102 valence electrons. The Labute approximate surface area is 115 Å². The van der Waals surface area contributed by atoms with Crippen LogP contribution in [0.25, 0.3) is 21.9 Å². The number of aryl methyl sites for hydroxylation is 3. The molecule has 2 aromatic heterocycles. The highest BCUT2D eigenvalue weighted by Gasteiger charge is 2.21. The molecule has 4 heteroatoms. The molecule has 1 aromatic carbocycles. The van der Waals surface area contributed by atoms with E-state index < -0.39 is 0 Å². The zero-order valence-corrected chi connectivity index (χ0v) is 11.6. The van der Waals surface area contributed by atoms with Gasteiger partial charge in [0.25, 0.3) is 0 Å². The van der Waals surface area contributed by atoms with Crippen molar-refractivity contribution in [1.29, 1.82) is 0 Å². The Morgan fingerprint density at radius 2 is 1.90 bits per heavy atom. The maximum atomic E-state index is 5.95. The summed E-state index contributed by atoms with van der Waals surface area (Å²) in [7, 11) is 0. The number of hydrogen-bond donors (Lipinski definition) is 1. The van der Waals surface area contributed by atoms with Gasteiger partial charge in [0.15, 0.2) is 0 Å². The van der Waals surface area contributed by atoms with E-state index in [9.17, 15) is 0 Å². The van der Waals surface area contributed by atoms with Crippen molar-refractivity contribution in [1.82, 2.24) is 0 Å². The smallest absolute Gasteiger partial charge is 0.239 e. The average molecular weight is 268 g/mol. The number of furan rings is 1. The summed E-state index contributed by atoms with van der Waals surface area (Å²) < 4.78 is 11.6. The third-order valence-electron chi connectivity index (χ3n) is 4.35.